The van der Waals surface area contributed by atoms with E-state index in [-0.39, 0.29) is 0 Å². The number of esters is 1. The number of carbonyl (C=O) groups is 1. The van der Waals surface area contributed by atoms with E-state index in [4.69, 9.17) is 15.2 Å². The number of hydrogen-bond donors (Lipinski definition) is 1. The predicted octanol–water partition coefficient (Wildman–Crippen LogP) is 0.539. The third-order valence-corrected chi connectivity index (χ3v) is 1.83. The van der Waals surface area contributed by atoms with Crippen LogP contribution in [0.1, 0.15) is 0 Å². The fraction of sp³-hybridized carbons (Fsp3) is 0.222. The number of rotatable bonds is 1. The zero-order valence-electron chi connectivity index (χ0n) is 7.52. The van der Waals surface area contributed by atoms with Gasteiger partial charge in [-0.3, -0.25) is 0 Å². The summed E-state index contributed by atoms with van der Waals surface area (Å²) < 4.78 is 14.8. The fourth-order valence-electron chi connectivity index (χ4n) is 1.16. The second-order valence-electron chi connectivity index (χ2n) is 2.80. The van der Waals surface area contributed by atoms with Crippen LogP contribution in [0.3, 0.4) is 0 Å². The highest BCUT2D eigenvalue weighted by Crippen LogP contribution is 2.36. The summed E-state index contributed by atoms with van der Waals surface area (Å²) in [6, 6.07) is 4.91. The number of fused-ring (bicyclic) bond motifs is 1. The van der Waals surface area contributed by atoms with Crippen LogP contribution >= 0.6 is 0 Å². The zero-order valence-corrected chi connectivity index (χ0v) is 7.52. The Hall–Kier alpha value is -1.91. The maximum absolute atomic E-state index is 11.1. The van der Waals surface area contributed by atoms with Crippen molar-refractivity contribution in [3.8, 4) is 11.5 Å². The van der Waals surface area contributed by atoms with Gasteiger partial charge in [0.2, 0.25) is 0 Å². The topological polar surface area (TPSA) is 70.8 Å². The highest BCUT2D eigenvalue weighted by Gasteiger charge is 2.31. The minimum Gasteiger partial charge on any atom is -0.463 e. The number of nitrogens with two attached hydrogens (primary N) is 1. The molecule has 1 heterocycles. The van der Waals surface area contributed by atoms with Crippen LogP contribution in [0.15, 0.2) is 18.2 Å². The first-order valence-corrected chi connectivity index (χ1v) is 4.01. The van der Waals surface area contributed by atoms with Gasteiger partial charge in [0.25, 0.3) is 0 Å². The van der Waals surface area contributed by atoms with Crippen molar-refractivity contribution < 1.29 is 19.0 Å². The van der Waals surface area contributed by atoms with Crippen LogP contribution in [0, 0.1) is 0 Å². The quantitative estimate of drug-likeness (QED) is 0.523. The van der Waals surface area contributed by atoms with Gasteiger partial charge in [-0.25, -0.2) is 4.79 Å². The average Bonchev–Trinajstić information content (AvgIpc) is 2.59. The molecule has 0 fully saturated rings. The van der Waals surface area contributed by atoms with Crippen LogP contribution in [-0.2, 0) is 9.53 Å². The third kappa shape index (κ3) is 1.32. The van der Waals surface area contributed by atoms with Gasteiger partial charge in [-0.05, 0) is 12.1 Å². The van der Waals surface area contributed by atoms with Gasteiger partial charge in [0.05, 0.1) is 7.11 Å². The molecule has 0 spiro atoms. The normalized spacial score (nSPS) is 17.9. The fourth-order valence-corrected chi connectivity index (χ4v) is 1.16. The molecule has 0 amide bonds. The summed E-state index contributed by atoms with van der Waals surface area (Å²) in [7, 11) is 1.27. The maximum Gasteiger partial charge on any atom is 0.389 e. The van der Waals surface area contributed by atoms with Crippen molar-refractivity contribution in [2.45, 2.75) is 6.29 Å². The molecule has 14 heavy (non-hydrogen) atoms. The molecule has 5 heteroatoms. The summed E-state index contributed by atoms with van der Waals surface area (Å²) in [5, 5.41) is 0. The summed E-state index contributed by atoms with van der Waals surface area (Å²) in [5.74, 6) is 0.384. The summed E-state index contributed by atoms with van der Waals surface area (Å²) >= 11 is 0. The molecule has 1 aromatic rings. The number of carbonyl (C=O) groups excluding carboxylic acids is 1. The lowest BCUT2D eigenvalue weighted by Gasteiger charge is -2.05. The van der Waals surface area contributed by atoms with Gasteiger partial charge >= 0.3 is 12.3 Å². The first-order valence-electron chi connectivity index (χ1n) is 4.01. The van der Waals surface area contributed by atoms with E-state index in [1.165, 1.54) is 7.11 Å². The molecule has 5 nitrogen and oxygen atoms in total. The summed E-state index contributed by atoms with van der Waals surface area (Å²) in [4.78, 5) is 11.1. The Labute approximate surface area is 80.4 Å². The van der Waals surface area contributed by atoms with Gasteiger partial charge in [-0.2, -0.15) is 0 Å². The minimum atomic E-state index is -1.02. The lowest BCUT2D eigenvalue weighted by molar-refractivity contribution is -0.158. The van der Waals surface area contributed by atoms with Crippen LogP contribution < -0.4 is 15.2 Å². The first kappa shape index (κ1) is 8.68. The van der Waals surface area contributed by atoms with E-state index < -0.39 is 12.3 Å². The molecule has 2 N–H and O–H groups in total. The SMILES string of the molecule is COC(=O)C1Oc2ccc(N)cc2O1. The van der Waals surface area contributed by atoms with Crippen LogP contribution in [0.2, 0.25) is 0 Å². The van der Waals surface area contributed by atoms with E-state index >= 15 is 0 Å². The molecule has 1 aliphatic heterocycles. The number of nitrogen functional groups attached to an aromatic ring is 1. The number of hydrogen-bond acceptors (Lipinski definition) is 5. The van der Waals surface area contributed by atoms with Gasteiger partial charge in [0.1, 0.15) is 0 Å². The number of benzene rings is 1. The van der Waals surface area contributed by atoms with Crippen LogP contribution in [0.25, 0.3) is 0 Å². The van der Waals surface area contributed by atoms with Gasteiger partial charge in [-0.1, -0.05) is 0 Å². The van der Waals surface area contributed by atoms with Crippen LogP contribution in [0.5, 0.6) is 11.5 Å². The van der Waals surface area contributed by atoms with Crippen molar-refractivity contribution in [2.75, 3.05) is 12.8 Å². The molecule has 1 atom stereocenters. The van der Waals surface area contributed by atoms with Gasteiger partial charge < -0.3 is 19.9 Å². The summed E-state index contributed by atoms with van der Waals surface area (Å²) in [6.45, 7) is 0. The van der Waals surface area contributed by atoms with Crippen molar-refractivity contribution in [3.63, 3.8) is 0 Å². The molecule has 74 valence electrons. The molecule has 2 rings (SSSR count). The van der Waals surface area contributed by atoms with E-state index in [1.807, 2.05) is 0 Å². The molecule has 0 saturated carbocycles. The Morgan fingerprint density at radius 1 is 1.43 bits per heavy atom. The van der Waals surface area contributed by atoms with Crippen molar-refractivity contribution in [2.24, 2.45) is 0 Å². The van der Waals surface area contributed by atoms with Crippen LogP contribution in [-0.4, -0.2) is 19.4 Å². The highest BCUT2D eigenvalue weighted by molar-refractivity contribution is 5.75. The number of ether oxygens (including phenoxy) is 3. The standard InChI is InChI=1S/C9H9NO4/c1-12-8(11)9-13-6-3-2-5(10)4-7(6)14-9/h2-4,9H,10H2,1H3. The molecule has 1 unspecified atom stereocenters. The van der Waals surface area contributed by atoms with E-state index in [2.05, 4.69) is 4.74 Å². The number of methoxy groups -OCH3 is 1. The van der Waals surface area contributed by atoms with E-state index in [1.54, 1.807) is 18.2 Å². The van der Waals surface area contributed by atoms with Crippen molar-refractivity contribution >= 4 is 11.7 Å². The second kappa shape index (κ2) is 3.10. The Morgan fingerprint density at radius 3 is 2.86 bits per heavy atom. The molecule has 0 bridgehead atoms. The van der Waals surface area contributed by atoms with E-state index in [9.17, 15) is 4.79 Å². The molecule has 0 aromatic heterocycles. The Morgan fingerprint density at radius 2 is 2.14 bits per heavy atom. The Bertz CT molecular complexity index is 377. The lowest BCUT2D eigenvalue weighted by Crippen LogP contribution is -2.30. The van der Waals surface area contributed by atoms with Crippen LogP contribution in [0.4, 0.5) is 5.69 Å². The maximum atomic E-state index is 11.1. The van der Waals surface area contributed by atoms with Gasteiger partial charge in [0, 0.05) is 11.8 Å². The second-order valence-corrected chi connectivity index (χ2v) is 2.80. The van der Waals surface area contributed by atoms with Gasteiger partial charge in [0.15, 0.2) is 11.5 Å². The molecule has 0 aliphatic carbocycles. The van der Waals surface area contributed by atoms with E-state index in [0.29, 0.717) is 17.2 Å². The molecule has 0 radical (unpaired) electrons. The van der Waals surface area contributed by atoms with Gasteiger partial charge in [-0.15, -0.1) is 0 Å². The molecule has 1 aliphatic rings. The monoisotopic (exact) mass is 195 g/mol. The summed E-state index contributed by atoms with van der Waals surface area (Å²) in [6.07, 6.45) is -1.02. The predicted molar refractivity (Wildman–Crippen MR) is 47.9 cm³/mol. The Kier molecular flexibility index (Phi) is 1.92. The molecular weight excluding hydrogens is 186 g/mol. The van der Waals surface area contributed by atoms with E-state index in [0.717, 1.165) is 0 Å². The first-order chi connectivity index (χ1) is 6.70. The zero-order chi connectivity index (χ0) is 10.1. The smallest absolute Gasteiger partial charge is 0.389 e. The Balaban J connectivity index is 2.22. The van der Waals surface area contributed by atoms with Crippen molar-refractivity contribution in [1.29, 1.82) is 0 Å². The highest BCUT2D eigenvalue weighted by atomic mass is 16.7. The third-order valence-electron chi connectivity index (χ3n) is 1.83. The minimum absolute atomic E-state index is 0.459. The molecular formula is C9H9NO4. The largest absolute Gasteiger partial charge is 0.463 e. The van der Waals surface area contributed by atoms with Crippen molar-refractivity contribution in [3.05, 3.63) is 18.2 Å². The van der Waals surface area contributed by atoms with Crippen molar-refractivity contribution in [1.82, 2.24) is 0 Å². The lowest BCUT2D eigenvalue weighted by atomic mass is 10.3. The molecule has 0 saturated heterocycles. The average molecular weight is 195 g/mol. The molecule has 1 aromatic carbocycles. The summed E-state index contributed by atoms with van der Waals surface area (Å²) in [5.41, 5.74) is 6.09. The number of anilines is 1.